The van der Waals surface area contributed by atoms with Gasteiger partial charge in [-0.2, -0.15) is 0 Å². The van der Waals surface area contributed by atoms with Crippen LogP contribution in [0, 0.1) is 0 Å². The predicted octanol–water partition coefficient (Wildman–Crippen LogP) is 2.51. The number of aromatic amines is 1. The van der Waals surface area contributed by atoms with E-state index < -0.39 is 0 Å². The Labute approximate surface area is 86.1 Å². The van der Waals surface area contributed by atoms with Crippen molar-refractivity contribution in [2.24, 2.45) is 5.73 Å². The Balaban J connectivity index is 2.95. The molecule has 3 heteroatoms. The Morgan fingerprint density at radius 3 is 2.36 bits per heavy atom. The summed E-state index contributed by atoms with van der Waals surface area (Å²) in [5, 5.41) is 0. The number of nitrogens with zero attached hydrogens (tertiary/aromatic N) is 1. The third-order valence-corrected chi connectivity index (χ3v) is 2.95. The van der Waals surface area contributed by atoms with Crippen LogP contribution < -0.4 is 5.73 Å². The SMILES string of the molecule is CCC(N)(CC)c1ncc(C(C)C)[nH]1. The summed E-state index contributed by atoms with van der Waals surface area (Å²) >= 11 is 0. The lowest BCUT2D eigenvalue weighted by Crippen LogP contribution is -2.36. The molecule has 0 spiro atoms. The maximum atomic E-state index is 6.24. The molecule has 3 N–H and O–H groups in total. The highest BCUT2D eigenvalue weighted by Gasteiger charge is 2.26. The predicted molar refractivity (Wildman–Crippen MR) is 59.1 cm³/mol. The first-order chi connectivity index (χ1) is 6.53. The highest BCUT2D eigenvalue weighted by Crippen LogP contribution is 2.24. The van der Waals surface area contributed by atoms with E-state index in [1.165, 1.54) is 0 Å². The Morgan fingerprint density at radius 2 is 2.00 bits per heavy atom. The molecule has 0 bridgehead atoms. The van der Waals surface area contributed by atoms with Gasteiger partial charge in [0.1, 0.15) is 5.82 Å². The van der Waals surface area contributed by atoms with E-state index in [1.54, 1.807) is 0 Å². The van der Waals surface area contributed by atoms with Gasteiger partial charge in [0, 0.05) is 11.9 Å². The minimum Gasteiger partial charge on any atom is -0.344 e. The van der Waals surface area contributed by atoms with Gasteiger partial charge < -0.3 is 10.7 Å². The topological polar surface area (TPSA) is 54.7 Å². The third-order valence-electron chi connectivity index (χ3n) is 2.95. The van der Waals surface area contributed by atoms with E-state index >= 15 is 0 Å². The van der Waals surface area contributed by atoms with Gasteiger partial charge in [-0.05, 0) is 18.8 Å². The quantitative estimate of drug-likeness (QED) is 0.775. The minimum atomic E-state index is -0.285. The van der Waals surface area contributed by atoms with Gasteiger partial charge in [-0.3, -0.25) is 0 Å². The van der Waals surface area contributed by atoms with Crippen molar-refractivity contribution in [2.75, 3.05) is 0 Å². The molecule has 0 fully saturated rings. The lowest BCUT2D eigenvalue weighted by Gasteiger charge is -2.23. The molecule has 1 rings (SSSR count). The van der Waals surface area contributed by atoms with E-state index in [0.29, 0.717) is 5.92 Å². The first-order valence-corrected chi connectivity index (χ1v) is 5.37. The van der Waals surface area contributed by atoms with Crippen molar-refractivity contribution in [1.29, 1.82) is 0 Å². The van der Waals surface area contributed by atoms with Gasteiger partial charge in [-0.15, -0.1) is 0 Å². The maximum absolute atomic E-state index is 6.24. The first kappa shape index (κ1) is 11.2. The van der Waals surface area contributed by atoms with Crippen molar-refractivity contribution >= 4 is 0 Å². The molecule has 0 aromatic carbocycles. The van der Waals surface area contributed by atoms with E-state index in [2.05, 4.69) is 37.7 Å². The van der Waals surface area contributed by atoms with Crippen LogP contribution in [0.15, 0.2) is 6.20 Å². The van der Waals surface area contributed by atoms with E-state index in [9.17, 15) is 0 Å². The van der Waals surface area contributed by atoms with Gasteiger partial charge in [0.15, 0.2) is 0 Å². The number of aromatic nitrogens is 2. The molecule has 0 saturated heterocycles. The van der Waals surface area contributed by atoms with Crippen LogP contribution in [0.1, 0.15) is 58.0 Å². The molecule has 1 heterocycles. The molecule has 80 valence electrons. The molecule has 0 unspecified atom stereocenters. The third kappa shape index (κ3) is 1.98. The fourth-order valence-corrected chi connectivity index (χ4v) is 1.47. The number of nitrogens with one attached hydrogen (secondary N) is 1. The van der Waals surface area contributed by atoms with Crippen molar-refractivity contribution in [2.45, 2.75) is 52.0 Å². The van der Waals surface area contributed by atoms with Crippen molar-refractivity contribution in [3.05, 3.63) is 17.7 Å². The lowest BCUT2D eigenvalue weighted by molar-refractivity contribution is 0.390. The van der Waals surface area contributed by atoms with Crippen LogP contribution in [-0.4, -0.2) is 9.97 Å². The van der Waals surface area contributed by atoms with Gasteiger partial charge in [-0.1, -0.05) is 27.7 Å². The van der Waals surface area contributed by atoms with Gasteiger partial charge >= 0.3 is 0 Å². The van der Waals surface area contributed by atoms with E-state index in [-0.39, 0.29) is 5.54 Å². The normalized spacial score (nSPS) is 12.4. The number of rotatable bonds is 4. The summed E-state index contributed by atoms with van der Waals surface area (Å²) in [7, 11) is 0. The summed E-state index contributed by atoms with van der Waals surface area (Å²) in [5.41, 5.74) is 7.12. The minimum absolute atomic E-state index is 0.285. The molecule has 14 heavy (non-hydrogen) atoms. The van der Waals surface area contributed by atoms with Crippen molar-refractivity contribution in [3.63, 3.8) is 0 Å². The van der Waals surface area contributed by atoms with Crippen LogP contribution in [0.25, 0.3) is 0 Å². The van der Waals surface area contributed by atoms with Crippen LogP contribution in [0.3, 0.4) is 0 Å². The fourth-order valence-electron chi connectivity index (χ4n) is 1.47. The number of imidazole rings is 1. The van der Waals surface area contributed by atoms with Crippen LogP contribution in [0.5, 0.6) is 0 Å². The van der Waals surface area contributed by atoms with Gasteiger partial charge in [0.25, 0.3) is 0 Å². The van der Waals surface area contributed by atoms with E-state index in [0.717, 1.165) is 24.4 Å². The largest absolute Gasteiger partial charge is 0.344 e. The summed E-state index contributed by atoms with van der Waals surface area (Å²) in [6, 6.07) is 0. The Kier molecular flexibility index (Phi) is 3.32. The number of nitrogens with two attached hydrogens (primary N) is 1. The van der Waals surface area contributed by atoms with E-state index in [4.69, 9.17) is 5.73 Å². The Bertz CT molecular complexity index is 284. The second-order valence-corrected chi connectivity index (χ2v) is 4.21. The summed E-state index contributed by atoms with van der Waals surface area (Å²) in [6.45, 7) is 8.49. The number of hydrogen-bond donors (Lipinski definition) is 2. The fraction of sp³-hybridized carbons (Fsp3) is 0.727. The molecule has 0 amide bonds. The summed E-state index contributed by atoms with van der Waals surface area (Å²) in [5.74, 6) is 1.40. The molecule has 0 radical (unpaired) electrons. The lowest BCUT2D eigenvalue weighted by atomic mass is 9.93. The second kappa shape index (κ2) is 4.13. The Hall–Kier alpha value is -0.830. The molecule has 0 aliphatic heterocycles. The molecular formula is C11H21N3. The van der Waals surface area contributed by atoms with Crippen LogP contribution >= 0.6 is 0 Å². The smallest absolute Gasteiger partial charge is 0.126 e. The molecule has 3 nitrogen and oxygen atoms in total. The van der Waals surface area contributed by atoms with Crippen LogP contribution in [0.4, 0.5) is 0 Å². The van der Waals surface area contributed by atoms with Crippen molar-refractivity contribution in [1.82, 2.24) is 9.97 Å². The monoisotopic (exact) mass is 195 g/mol. The molecular weight excluding hydrogens is 174 g/mol. The van der Waals surface area contributed by atoms with Gasteiger partial charge in [0.05, 0.1) is 5.54 Å². The second-order valence-electron chi connectivity index (χ2n) is 4.21. The van der Waals surface area contributed by atoms with Crippen LogP contribution in [-0.2, 0) is 5.54 Å². The maximum Gasteiger partial charge on any atom is 0.126 e. The summed E-state index contributed by atoms with van der Waals surface area (Å²) < 4.78 is 0. The standard InChI is InChI=1S/C11H21N3/c1-5-11(12,6-2)10-13-7-9(14-10)8(3)4/h7-8H,5-6,12H2,1-4H3,(H,13,14). The first-order valence-electron chi connectivity index (χ1n) is 5.37. The zero-order chi connectivity index (χ0) is 10.8. The molecule has 0 atom stereocenters. The number of hydrogen-bond acceptors (Lipinski definition) is 2. The van der Waals surface area contributed by atoms with Gasteiger partial charge in [-0.25, -0.2) is 4.98 Å². The molecule has 0 aliphatic carbocycles. The van der Waals surface area contributed by atoms with E-state index in [1.807, 2.05) is 6.20 Å². The average molecular weight is 195 g/mol. The molecule has 0 aliphatic rings. The van der Waals surface area contributed by atoms with Crippen LogP contribution in [0.2, 0.25) is 0 Å². The molecule has 1 aromatic rings. The highest BCUT2D eigenvalue weighted by molar-refractivity contribution is 5.12. The van der Waals surface area contributed by atoms with Gasteiger partial charge in [0.2, 0.25) is 0 Å². The van der Waals surface area contributed by atoms with Crippen molar-refractivity contribution in [3.8, 4) is 0 Å². The molecule has 0 saturated carbocycles. The summed E-state index contributed by atoms with van der Waals surface area (Å²) in [4.78, 5) is 7.69. The highest BCUT2D eigenvalue weighted by atomic mass is 15.0. The average Bonchev–Trinajstić information content (AvgIpc) is 2.66. The zero-order valence-corrected chi connectivity index (χ0v) is 9.59. The molecule has 1 aromatic heterocycles. The Morgan fingerprint density at radius 1 is 1.43 bits per heavy atom. The number of H-pyrrole nitrogens is 1. The zero-order valence-electron chi connectivity index (χ0n) is 9.59. The summed E-state index contributed by atoms with van der Waals surface area (Å²) in [6.07, 6.45) is 3.72. The van der Waals surface area contributed by atoms with Crippen molar-refractivity contribution < 1.29 is 0 Å².